The molecule has 1 fully saturated rings. The number of aliphatic hydroxyl groups is 1. The first-order valence-electron chi connectivity index (χ1n) is 10.4. The smallest absolute Gasteiger partial charge is 0.317 e. The minimum Gasteiger partial charge on any atom is -0.497 e. The summed E-state index contributed by atoms with van der Waals surface area (Å²) in [5, 5.41) is 11.2. The number of benzene rings is 1. The van der Waals surface area contributed by atoms with E-state index in [1.165, 1.54) is 14.0 Å². The molecule has 7 nitrogen and oxygen atoms in total. The fraction of sp³-hybridized carbons (Fsp3) is 0.625. The van der Waals surface area contributed by atoms with Gasteiger partial charge in [-0.15, -0.1) is 0 Å². The number of Topliss-reactive ketones (excluding diaryl/α,β-unsaturated/α-hetero) is 1. The third-order valence-corrected chi connectivity index (χ3v) is 5.07. The van der Waals surface area contributed by atoms with Crippen LogP contribution in [0.25, 0.3) is 0 Å². The summed E-state index contributed by atoms with van der Waals surface area (Å²) in [7, 11) is 1.50. The van der Waals surface area contributed by atoms with Gasteiger partial charge in [0.05, 0.1) is 18.6 Å². The molecule has 7 heteroatoms. The van der Waals surface area contributed by atoms with E-state index in [4.69, 9.17) is 14.2 Å². The molecule has 4 atom stereocenters. The lowest BCUT2D eigenvalue weighted by Gasteiger charge is -2.44. The normalized spacial score (nSPS) is 26.9. The highest BCUT2D eigenvalue weighted by Gasteiger charge is 2.57. The second-order valence-electron chi connectivity index (χ2n) is 10.3. The van der Waals surface area contributed by atoms with Crippen LogP contribution >= 0.6 is 0 Å². The van der Waals surface area contributed by atoms with Crippen molar-refractivity contribution in [3.63, 3.8) is 0 Å². The average Bonchev–Trinajstić information content (AvgIpc) is 2.56. The van der Waals surface area contributed by atoms with Gasteiger partial charge in [-0.05, 0) is 66.2 Å². The molecule has 0 heterocycles. The molecule has 1 N–H and O–H groups in total. The highest BCUT2D eigenvalue weighted by molar-refractivity contribution is 6.03. The van der Waals surface area contributed by atoms with Gasteiger partial charge in [0.1, 0.15) is 22.9 Å². The van der Waals surface area contributed by atoms with Crippen molar-refractivity contribution in [1.29, 1.82) is 0 Å². The van der Waals surface area contributed by atoms with Gasteiger partial charge in [0, 0.05) is 12.3 Å². The molecular weight excluding hydrogens is 400 g/mol. The quantitative estimate of drug-likeness (QED) is 0.573. The molecule has 31 heavy (non-hydrogen) atoms. The SMILES string of the molecule is COc1cccc([C@H]2[C@H](C(=O)OC(C)(C)C)C(=O)C[C@](C)(O)[C@H]2C(=O)OC(C)(C)C)c1. The molecular formula is C24H34O7. The van der Waals surface area contributed by atoms with E-state index in [1.807, 2.05) is 0 Å². The number of carbonyl (C=O) groups excluding carboxylic acids is 3. The summed E-state index contributed by atoms with van der Waals surface area (Å²) < 4.78 is 16.4. The average molecular weight is 435 g/mol. The van der Waals surface area contributed by atoms with Crippen LogP contribution < -0.4 is 4.74 Å². The Kier molecular flexibility index (Phi) is 6.91. The van der Waals surface area contributed by atoms with Crippen molar-refractivity contribution in [1.82, 2.24) is 0 Å². The number of carbonyl (C=O) groups is 3. The van der Waals surface area contributed by atoms with Crippen LogP contribution in [0.1, 0.15) is 66.4 Å². The Balaban J connectivity index is 2.66. The minimum absolute atomic E-state index is 0.360. The van der Waals surface area contributed by atoms with Crippen molar-refractivity contribution in [3.8, 4) is 5.75 Å². The van der Waals surface area contributed by atoms with Gasteiger partial charge in [0.2, 0.25) is 0 Å². The van der Waals surface area contributed by atoms with Crippen LogP contribution in [0.5, 0.6) is 5.75 Å². The van der Waals surface area contributed by atoms with Crippen molar-refractivity contribution < 1.29 is 33.7 Å². The molecule has 1 aliphatic rings. The number of methoxy groups -OCH3 is 1. The molecule has 0 aliphatic heterocycles. The summed E-state index contributed by atoms with van der Waals surface area (Å²) in [6.45, 7) is 11.7. The Hall–Kier alpha value is -2.41. The van der Waals surface area contributed by atoms with E-state index >= 15 is 0 Å². The van der Waals surface area contributed by atoms with E-state index in [0.717, 1.165) is 0 Å². The van der Waals surface area contributed by atoms with E-state index in [2.05, 4.69) is 0 Å². The van der Waals surface area contributed by atoms with Crippen molar-refractivity contribution in [2.24, 2.45) is 11.8 Å². The van der Waals surface area contributed by atoms with Crippen LogP contribution in [-0.4, -0.2) is 46.7 Å². The Labute approximate surface area is 184 Å². The Morgan fingerprint density at radius 3 is 2.10 bits per heavy atom. The number of rotatable bonds is 4. The van der Waals surface area contributed by atoms with Crippen LogP contribution in [0.15, 0.2) is 24.3 Å². The van der Waals surface area contributed by atoms with Crippen LogP contribution in [0.3, 0.4) is 0 Å². The number of ketones is 1. The Bertz CT molecular complexity index is 842. The maximum absolute atomic E-state index is 13.3. The third kappa shape index (κ3) is 6.06. The van der Waals surface area contributed by atoms with Gasteiger partial charge >= 0.3 is 11.9 Å². The lowest BCUT2D eigenvalue weighted by Crippen LogP contribution is -2.56. The van der Waals surface area contributed by atoms with Crippen molar-refractivity contribution in [2.75, 3.05) is 7.11 Å². The highest BCUT2D eigenvalue weighted by atomic mass is 16.6. The topological polar surface area (TPSA) is 99.1 Å². The predicted octanol–water partition coefficient (Wildman–Crippen LogP) is 3.42. The molecule has 1 aromatic rings. The van der Waals surface area contributed by atoms with Gasteiger partial charge in [-0.1, -0.05) is 12.1 Å². The van der Waals surface area contributed by atoms with Crippen molar-refractivity contribution in [3.05, 3.63) is 29.8 Å². The summed E-state index contributed by atoms with van der Waals surface area (Å²) in [6.07, 6.45) is -0.360. The lowest BCUT2D eigenvalue weighted by molar-refractivity contribution is -0.182. The predicted molar refractivity (Wildman–Crippen MR) is 115 cm³/mol. The van der Waals surface area contributed by atoms with Gasteiger partial charge in [-0.2, -0.15) is 0 Å². The molecule has 0 amide bonds. The molecule has 0 bridgehead atoms. The molecule has 2 rings (SSSR count). The fourth-order valence-corrected chi connectivity index (χ4v) is 4.00. The maximum Gasteiger partial charge on any atom is 0.317 e. The van der Waals surface area contributed by atoms with Gasteiger partial charge in [0.15, 0.2) is 5.78 Å². The van der Waals surface area contributed by atoms with Gasteiger partial charge < -0.3 is 19.3 Å². The largest absolute Gasteiger partial charge is 0.497 e. The van der Waals surface area contributed by atoms with Gasteiger partial charge in [-0.25, -0.2) is 0 Å². The van der Waals surface area contributed by atoms with Crippen LogP contribution in [0.2, 0.25) is 0 Å². The van der Waals surface area contributed by atoms with Gasteiger partial charge in [-0.3, -0.25) is 14.4 Å². The molecule has 0 aromatic heterocycles. The van der Waals surface area contributed by atoms with E-state index in [-0.39, 0.29) is 6.42 Å². The zero-order valence-corrected chi connectivity index (χ0v) is 19.6. The Morgan fingerprint density at radius 1 is 1.03 bits per heavy atom. The Morgan fingerprint density at radius 2 is 1.58 bits per heavy atom. The molecule has 172 valence electrons. The van der Waals surface area contributed by atoms with E-state index in [9.17, 15) is 19.5 Å². The molecule has 0 unspecified atom stereocenters. The molecule has 0 saturated heterocycles. The summed E-state index contributed by atoms with van der Waals surface area (Å²) in [5.41, 5.74) is -2.82. The molecule has 1 aliphatic carbocycles. The molecule has 0 radical (unpaired) electrons. The first-order chi connectivity index (χ1) is 14.1. The second-order valence-corrected chi connectivity index (χ2v) is 10.3. The molecule has 1 saturated carbocycles. The minimum atomic E-state index is -1.70. The van der Waals surface area contributed by atoms with Crippen molar-refractivity contribution in [2.45, 2.75) is 77.6 Å². The van der Waals surface area contributed by atoms with Crippen LogP contribution in [-0.2, 0) is 23.9 Å². The zero-order chi connectivity index (χ0) is 23.8. The van der Waals surface area contributed by atoms with Crippen LogP contribution in [0.4, 0.5) is 0 Å². The van der Waals surface area contributed by atoms with Crippen LogP contribution in [0, 0.1) is 11.8 Å². The number of hydrogen-bond donors (Lipinski definition) is 1. The fourth-order valence-electron chi connectivity index (χ4n) is 4.00. The van der Waals surface area contributed by atoms with Crippen molar-refractivity contribution >= 4 is 17.7 Å². The number of hydrogen-bond acceptors (Lipinski definition) is 7. The standard InChI is InChI=1S/C24H34O7/c1-22(2,3)30-20(26)18-16(25)13-24(7,28)19(21(27)31-23(4,5)6)17(18)14-10-9-11-15(12-14)29-8/h9-12,17-19,28H,13H2,1-8H3/t17-,18+,19+,24-/m0/s1. The first-order valence-corrected chi connectivity index (χ1v) is 10.4. The monoisotopic (exact) mass is 434 g/mol. The summed E-state index contributed by atoms with van der Waals surface area (Å²) in [5.74, 6) is -4.78. The number of esters is 2. The zero-order valence-electron chi connectivity index (χ0n) is 19.6. The maximum atomic E-state index is 13.3. The van der Waals surface area contributed by atoms with E-state index in [1.54, 1.807) is 65.8 Å². The summed E-state index contributed by atoms with van der Waals surface area (Å²) >= 11 is 0. The second kappa shape index (κ2) is 8.61. The number of ether oxygens (including phenoxy) is 3. The van der Waals surface area contributed by atoms with E-state index < -0.39 is 52.3 Å². The third-order valence-electron chi connectivity index (χ3n) is 5.07. The lowest BCUT2D eigenvalue weighted by atomic mass is 9.61. The molecule has 0 spiro atoms. The van der Waals surface area contributed by atoms with E-state index in [0.29, 0.717) is 11.3 Å². The summed E-state index contributed by atoms with van der Waals surface area (Å²) in [4.78, 5) is 39.5. The highest BCUT2D eigenvalue weighted by Crippen LogP contribution is 2.47. The molecule has 1 aromatic carbocycles. The van der Waals surface area contributed by atoms with Gasteiger partial charge in [0.25, 0.3) is 0 Å². The summed E-state index contributed by atoms with van der Waals surface area (Å²) in [6, 6.07) is 6.79. The first kappa shape index (κ1) is 24.9.